The topological polar surface area (TPSA) is 52.6 Å². The highest BCUT2D eigenvalue weighted by Crippen LogP contribution is 2.09. The second kappa shape index (κ2) is 5.98. The third kappa shape index (κ3) is 4.85. The maximum absolute atomic E-state index is 11.4. The fourth-order valence-electron chi connectivity index (χ4n) is 1.93. The van der Waals surface area contributed by atoms with Crippen molar-refractivity contribution in [2.75, 3.05) is 20.6 Å². The van der Waals surface area contributed by atoms with E-state index in [0.717, 1.165) is 12.1 Å². The number of nitrogens with zero attached hydrogens (tertiary/aromatic N) is 1. The summed E-state index contributed by atoms with van der Waals surface area (Å²) < 4.78 is 0. The SMILES string of the molecule is CNC(=O)c1ccc(CN(C)CC(C)(C)O)cc1. The number of rotatable bonds is 5. The molecule has 0 atom stereocenters. The minimum Gasteiger partial charge on any atom is -0.389 e. The molecule has 1 rings (SSSR count). The summed E-state index contributed by atoms with van der Waals surface area (Å²) in [6.45, 7) is 4.93. The second-order valence-corrected chi connectivity index (χ2v) is 5.26. The summed E-state index contributed by atoms with van der Waals surface area (Å²) >= 11 is 0. The van der Waals surface area contributed by atoms with Crippen molar-refractivity contribution in [3.05, 3.63) is 35.4 Å². The molecular weight excluding hydrogens is 228 g/mol. The van der Waals surface area contributed by atoms with Crippen molar-refractivity contribution in [2.24, 2.45) is 0 Å². The standard InChI is InChI=1S/C14H22N2O2/c1-14(2,18)10-16(4)9-11-5-7-12(8-6-11)13(17)15-3/h5-8,18H,9-10H2,1-4H3,(H,15,17). The van der Waals surface area contributed by atoms with E-state index in [9.17, 15) is 9.90 Å². The lowest BCUT2D eigenvalue weighted by Crippen LogP contribution is -2.35. The van der Waals surface area contributed by atoms with Crippen molar-refractivity contribution in [1.29, 1.82) is 0 Å². The first-order valence-electron chi connectivity index (χ1n) is 6.04. The normalized spacial score (nSPS) is 11.7. The lowest BCUT2D eigenvalue weighted by Gasteiger charge is -2.25. The Kier molecular flexibility index (Phi) is 4.87. The molecule has 0 radical (unpaired) electrons. The Morgan fingerprint density at radius 1 is 1.33 bits per heavy atom. The Labute approximate surface area is 109 Å². The van der Waals surface area contributed by atoms with Crippen molar-refractivity contribution in [3.8, 4) is 0 Å². The van der Waals surface area contributed by atoms with Gasteiger partial charge in [0.2, 0.25) is 0 Å². The third-order valence-electron chi connectivity index (χ3n) is 2.55. The quantitative estimate of drug-likeness (QED) is 0.827. The maximum Gasteiger partial charge on any atom is 0.251 e. The zero-order valence-electron chi connectivity index (χ0n) is 11.5. The van der Waals surface area contributed by atoms with Gasteiger partial charge in [-0.15, -0.1) is 0 Å². The van der Waals surface area contributed by atoms with Gasteiger partial charge in [0.15, 0.2) is 0 Å². The molecule has 0 fully saturated rings. The van der Waals surface area contributed by atoms with E-state index in [0.29, 0.717) is 12.1 Å². The second-order valence-electron chi connectivity index (χ2n) is 5.26. The van der Waals surface area contributed by atoms with Crippen molar-refractivity contribution in [1.82, 2.24) is 10.2 Å². The summed E-state index contributed by atoms with van der Waals surface area (Å²) in [5.41, 5.74) is 1.08. The maximum atomic E-state index is 11.4. The van der Waals surface area contributed by atoms with E-state index in [1.807, 2.05) is 31.3 Å². The molecule has 0 aromatic heterocycles. The highest BCUT2D eigenvalue weighted by molar-refractivity contribution is 5.93. The average Bonchev–Trinajstić information content (AvgIpc) is 2.26. The Hall–Kier alpha value is -1.39. The van der Waals surface area contributed by atoms with Crippen molar-refractivity contribution < 1.29 is 9.90 Å². The molecule has 0 aliphatic carbocycles. The van der Waals surface area contributed by atoms with Crippen LogP contribution in [-0.4, -0.2) is 42.2 Å². The van der Waals surface area contributed by atoms with E-state index in [1.54, 1.807) is 20.9 Å². The van der Waals surface area contributed by atoms with Crippen LogP contribution in [0.15, 0.2) is 24.3 Å². The van der Waals surface area contributed by atoms with Crippen molar-refractivity contribution in [3.63, 3.8) is 0 Å². The molecule has 0 aliphatic rings. The van der Waals surface area contributed by atoms with Gasteiger partial charge in [-0.1, -0.05) is 12.1 Å². The number of likely N-dealkylation sites (N-methyl/N-ethyl adjacent to an activating group) is 1. The largest absolute Gasteiger partial charge is 0.389 e. The number of hydrogen-bond donors (Lipinski definition) is 2. The fraction of sp³-hybridized carbons (Fsp3) is 0.500. The highest BCUT2D eigenvalue weighted by atomic mass is 16.3. The van der Waals surface area contributed by atoms with Crippen LogP contribution >= 0.6 is 0 Å². The molecular formula is C14H22N2O2. The molecule has 0 bridgehead atoms. The summed E-state index contributed by atoms with van der Waals surface area (Å²) in [5.74, 6) is -0.0774. The van der Waals surface area contributed by atoms with Gasteiger partial charge in [-0.2, -0.15) is 0 Å². The van der Waals surface area contributed by atoms with E-state index in [2.05, 4.69) is 10.2 Å². The summed E-state index contributed by atoms with van der Waals surface area (Å²) in [5, 5.41) is 12.3. The lowest BCUT2D eigenvalue weighted by atomic mass is 10.1. The molecule has 4 heteroatoms. The van der Waals surface area contributed by atoms with Crippen LogP contribution in [0.2, 0.25) is 0 Å². The van der Waals surface area contributed by atoms with Crippen LogP contribution in [0.3, 0.4) is 0 Å². The van der Waals surface area contributed by atoms with Crippen LogP contribution in [0.5, 0.6) is 0 Å². The van der Waals surface area contributed by atoms with E-state index in [4.69, 9.17) is 0 Å². The number of hydrogen-bond acceptors (Lipinski definition) is 3. The zero-order chi connectivity index (χ0) is 13.8. The average molecular weight is 250 g/mol. The van der Waals surface area contributed by atoms with Crippen LogP contribution in [0, 0.1) is 0 Å². The number of amides is 1. The minimum atomic E-state index is -0.698. The predicted molar refractivity (Wildman–Crippen MR) is 72.5 cm³/mol. The Morgan fingerprint density at radius 2 is 1.89 bits per heavy atom. The lowest BCUT2D eigenvalue weighted by molar-refractivity contribution is 0.0425. The molecule has 2 N–H and O–H groups in total. The first-order valence-corrected chi connectivity index (χ1v) is 6.04. The summed E-state index contributed by atoms with van der Waals surface area (Å²) in [6.07, 6.45) is 0. The monoisotopic (exact) mass is 250 g/mol. The summed E-state index contributed by atoms with van der Waals surface area (Å²) in [7, 11) is 3.58. The first kappa shape index (κ1) is 14.7. The van der Waals surface area contributed by atoms with Gasteiger partial charge in [0.1, 0.15) is 0 Å². The van der Waals surface area contributed by atoms with Crippen LogP contribution in [0.25, 0.3) is 0 Å². The molecule has 1 aromatic rings. The van der Waals surface area contributed by atoms with Gasteiger partial charge < -0.3 is 10.4 Å². The van der Waals surface area contributed by atoms with Crippen molar-refractivity contribution in [2.45, 2.75) is 26.0 Å². The number of carbonyl (C=O) groups is 1. The molecule has 1 aromatic carbocycles. The molecule has 0 spiro atoms. The van der Waals surface area contributed by atoms with E-state index >= 15 is 0 Å². The van der Waals surface area contributed by atoms with Gasteiger partial charge in [-0.05, 0) is 38.6 Å². The summed E-state index contributed by atoms with van der Waals surface area (Å²) in [4.78, 5) is 13.4. The number of aliphatic hydroxyl groups is 1. The van der Waals surface area contributed by atoms with Crippen LogP contribution in [0.1, 0.15) is 29.8 Å². The van der Waals surface area contributed by atoms with Crippen LogP contribution < -0.4 is 5.32 Å². The Balaban J connectivity index is 2.61. The fourth-order valence-corrected chi connectivity index (χ4v) is 1.93. The van der Waals surface area contributed by atoms with Crippen molar-refractivity contribution >= 4 is 5.91 Å². The summed E-state index contributed by atoms with van der Waals surface area (Å²) in [6, 6.07) is 7.50. The zero-order valence-corrected chi connectivity index (χ0v) is 11.5. The highest BCUT2D eigenvalue weighted by Gasteiger charge is 2.15. The number of carbonyl (C=O) groups excluding carboxylic acids is 1. The van der Waals surface area contributed by atoms with Gasteiger partial charge >= 0.3 is 0 Å². The van der Waals surface area contributed by atoms with Gasteiger partial charge in [0, 0.05) is 25.7 Å². The first-order chi connectivity index (χ1) is 8.31. The molecule has 18 heavy (non-hydrogen) atoms. The molecule has 100 valence electrons. The third-order valence-corrected chi connectivity index (χ3v) is 2.55. The molecule has 0 unspecified atom stereocenters. The molecule has 1 amide bonds. The number of nitrogens with one attached hydrogen (secondary N) is 1. The van der Waals surface area contributed by atoms with E-state index in [-0.39, 0.29) is 5.91 Å². The Morgan fingerprint density at radius 3 is 2.33 bits per heavy atom. The Bertz CT molecular complexity index is 393. The molecule has 4 nitrogen and oxygen atoms in total. The van der Waals surface area contributed by atoms with Gasteiger partial charge in [-0.3, -0.25) is 9.69 Å². The molecule has 0 saturated heterocycles. The van der Waals surface area contributed by atoms with Gasteiger partial charge in [-0.25, -0.2) is 0 Å². The molecule has 0 heterocycles. The minimum absolute atomic E-state index is 0.0774. The van der Waals surface area contributed by atoms with Crippen LogP contribution in [-0.2, 0) is 6.54 Å². The van der Waals surface area contributed by atoms with E-state index in [1.165, 1.54) is 0 Å². The smallest absolute Gasteiger partial charge is 0.251 e. The van der Waals surface area contributed by atoms with Gasteiger partial charge in [0.05, 0.1) is 5.60 Å². The number of benzene rings is 1. The van der Waals surface area contributed by atoms with E-state index < -0.39 is 5.60 Å². The molecule has 0 aliphatic heterocycles. The van der Waals surface area contributed by atoms with Crippen LogP contribution in [0.4, 0.5) is 0 Å². The predicted octanol–water partition coefficient (Wildman–Crippen LogP) is 1.25. The van der Waals surface area contributed by atoms with Gasteiger partial charge in [0.25, 0.3) is 5.91 Å². The molecule has 0 saturated carbocycles.